The van der Waals surface area contributed by atoms with E-state index in [1.807, 2.05) is 32.0 Å². The van der Waals surface area contributed by atoms with Gasteiger partial charge in [-0.15, -0.1) is 0 Å². The average Bonchev–Trinajstić information content (AvgIpc) is 2.47. The van der Waals surface area contributed by atoms with Crippen molar-refractivity contribution in [2.24, 2.45) is 0 Å². The van der Waals surface area contributed by atoms with E-state index in [9.17, 15) is 9.59 Å². The molecule has 22 heavy (non-hydrogen) atoms. The first kappa shape index (κ1) is 15.8. The lowest BCUT2D eigenvalue weighted by atomic mass is 10.1. The molecule has 0 aliphatic carbocycles. The third kappa shape index (κ3) is 3.95. The van der Waals surface area contributed by atoms with Gasteiger partial charge in [0.2, 0.25) is 0 Å². The zero-order valence-corrected chi connectivity index (χ0v) is 13.0. The van der Waals surface area contributed by atoms with Crippen LogP contribution in [-0.4, -0.2) is 18.3 Å². The van der Waals surface area contributed by atoms with Crippen LogP contribution in [0.5, 0.6) is 5.75 Å². The van der Waals surface area contributed by atoms with Crippen LogP contribution in [0.4, 0.5) is 5.69 Å². The molecule has 2 rings (SSSR count). The van der Waals surface area contributed by atoms with E-state index < -0.39 is 0 Å². The number of aryl methyl sites for hydroxylation is 2. The number of ketones is 1. The Morgan fingerprint density at radius 2 is 1.59 bits per heavy atom. The summed E-state index contributed by atoms with van der Waals surface area (Å²) in [5, 5.41) is 2.74. The van der Waals surface area contributed by atoms with Gasteiger partial charge in [0.1, 0.15) is 5.75 Å². The Bertz CT molecular complexity index is 670. The van der Waals surface area contributed by atoms with Crippen molar-refractivity contribution in [2.45, 2.75) is 20.8 Å². The molecule has 1 N–H and O–H groups in total. The summed E-state index contributed by atoms with van der Waals surface area (Å²) in [7, 11) is 0. The largest absolute Gasteiger partial charge is 0.483 e. The van der Waals surface area contributed by atoms with Crippen molar-refractivity contribution in [3.05, 3.63) is 59.2 Å². The van der Waals surface area contributed by atoms with Crippen LogP contribution in [0.25, 0.3) is 0 Å². The molecule has 0 heterocycles. The van der Waals surface area contributed by atoms with Crippen LogP contribution in [0.3, 0.4) is 0 Å². The van der Waals surface area contributed by atoms with Crippen LogP contribution < -0.4 is 10.1 Å². The number of para-hydroxylation sites is 1. The summed E-state index contributed by atoms with van der Waals surface area (Å²) in [4.78, 5) is 23.1. The Morgan fingerprint density at radius 3 is 2.14 bits per heavy atom. The van der Waals surface area contributed by atoms with E-state index in [-0.39, 0.29) is 18.3 Å². The van der Waals surface area contributed by atoms with Crippen LogP contribution in [0.15, 0.2) is 42.5 Å². The number of carbonyl (C=O) groups is 2. The second kappa shape index (κ2) is 6.89. The fourth-order valence-electron chi connectivity index (χ4n) is 2.15. The summed E-state index contributed by atoms with van der Waals surface area (Å²) >= 11 is 0. The number of benzene rings is 2. The molecule has 2 aromatic carbocycles. The Balaban J connectivity index is 1.94. The number of hydrogen-bond donors (Lipinski definition) is 1. The van der Waals surface area contributed by atoms with Gasteiger partial charge in [-0.1, -0.05) is 18.2 Å². The first-order valence-electron chi connectivity index (χ1n) is 7.07. The zero-order valence-electron chi connectivity index (χ0n) is 13.0. The Morgan fingerprint density at radius 1 is 1.00 bits per heavy atom. The number of anilines is 1. The van der Waals surface area contributed by atoms with E-state index in [1.54, 1.807) is 24.3 Å². The quantitative estimate of drug-likeness (QED) is 0.859. The summed E-state index contributed by atoms with van der Waals surface area (Å²) < 4.78 is 5.60. The molecule has 114 valence electrons. The SMILES string of the molecule is CC(=O)c1ccc(NC(=O)COc2c(C)cccc2C)cc1. The molecule has 0 aliphatic rings. The fourth-order valence-corrected chi connectivity index (χ4v) is 2.15. The van der Waals surface area contributed by atoms with Gasteiger partial charge in [0.25, 0.3) is 5.91 Å². The van der Waals surface area contributed by atoms with Crippen molar-refractivity contribution in [1.82, 2.24) is 0 Å². The van der Waals surface area contributed by atoms with E-state index in [2.05, 4.69) is 5.32 Å². The van der Waals surface area contributed by atoms with Gasteiger partial charge in [-0.3, -0.25) is 9.59 Å². The number of rotatable bonds is 5. The second-order valence-corrected chi connectivity index (χ2v) is 5.19. The Labute approximate surface area is 130 Å². The van der Waals surface area contributed by atoms with Crippen molar-refractivity contribution < 1.29 is 14.3 Å². The van der Waals surface area contributed by atoms with Gasteiger partial charge in [0.15, 0.2) is 12.4 Å². The number of nitrogens with one attached hydrogen (secondary N) is 1. The molecule has 0 bridgehead atoms. The maximum Gasteiger partial charge on any atom is 0.262 e. The highest BCUT2D eigenvalue weighted by Crippen LogP contribution is 2.22. The fraction of sp³-hybridized carbons (Fsp3) is 0.222. The molecule has 2 aromatic rings. The van der Waals surface area contributed by atoms with Crippen LogP contribution >= 0.6 is 0 Å². The smallest absolute Gasteiger partial charge is 0.262 e. The maximum atomic E-state index is 11.9. The van der Waals surface area contributed by atoms with Crippen molar-refractivity contribution in [2.75, 3.05) is 11.9 Å². The standard InChI is InChI=1S/C18H19NO3/c1-12-5-4-6-13(2)18(12)22-11-17(21)19-16-9-7-15(8-10-16)14(3)20/h4-10H,11H2,1-3H3,(H,19,21). The summed E-state index contributed by atoms with van der Waals surface area (Å²) in [5.74, 6) is 0.499. The topological polar surface area (TPSA) is 55.4 Å². The summed E-state index contributed by atoms with van der Waals surface area (Å²) in [6.45, 7) is 5.34. The van der Waals surface area contributed by atoms with Gasteiger partial charge < -0.3 is 10.1 Å². The van der Waals surface area contributed by atoms with Crippen LogP contribution in [0.2, 0.25) is 0 Å². The average molecular weight is 297 g/mol. The predicted molar refractivity (Wildman–Crippen MR) is 86.5 cm³/mol. The van der Waals surface area contributed by atoms with E-state index in [0.29, 0.717) is 11.3 Å². The number of amides is 1. The van der Waals surface area contributed by atoms with Gasteiger partial charge in [-0.2, -0.15) is 0 Å². The molecular weight excluding hydrogens is 278 g/mol. The minimum Gasteiger partial charge on any atom is -0.483 e. The first-order chi connectivity index (χ1) is 10.5. The molecule has 0 spiro atoms. The summed E-state index contributed by atoms with van der Waals surface area (Å²) in [5.41, 5.74) is 3.25. The number of Topliss-reactive ketones (excluding diaryl/α,β-unsaturated/α-hetero) is 1. The lowest BCUT2D eigenvalue weighted by Crippen LogP contribution is -2.20. The minimum atomic E-state index is -0.238. The highest BCUT2D eigenvalue weighted by molar-refractivity contribution is 5.95. The molecule has 0 radical (unpaired) electrons. The van der Waals surface area contributed by atoms with E-state index in [0.717, 1.165) is 16.9 Å². The van der Waals surface area contributed by atoms with Crippen molar-refractivity contribution >= 4 is 17.4 Å². The normalized spacial score (nSPS) is 10.1. The van der Waals surface area contributed by atoms with E-state index in [4.69, 9.17) is 4.74 Å². The summed E-state index contributed by atoms with van der Waals surface area (Å²) in [6.07, 6.45) is 0. The predicted octanol–water partition coefficient (Wildman–Crippen LogP) is 3.52. The zero-order chi connectivity index (χ0) is 16.1. The monoisotopic (exact) mass is 297 g/mol. The van der Waals surface area contributed by atoms with Gasteiger partial charge in [0, 0.05) is 11.3 Å². The van der Waals surface area contributed by atoms with Crippen molar-refractivity contribution in [3.63, 3.8) is 0 Å². The lowest BCUT2D eigenvalue weighted by molar-refractivity contribution is -0.118. The highest BCUT2D eigenvalue weighted by Gasteiger charge is 2.08. The molecule has 1 amide bonds. The van der Waals surface area contributed by atoms with Gasteiger partial charge in [0.05, 0.1) is 0 Å². The maximum absolute atomic E-state index is 11.9. The van der Waals surface area contributed by atoms with Crippen LogP contribution in [0, 0.1) is 13.8 Å². The lowest BCUT2D eigenvalue weighted by Gasteiger charge is -2.12. The molecule has 0 unspecified atom stereocenters. The number of hydrogen-bond acceptors (Lipinski definition) is 3. The molecule has 0 fully saturated rings. The molecule has 0 aliphatic heterocycles. The minimum absolute atomic E-state index is 0.00348. The molecule has 4 heteroatoms. The Kier molecular flexibility index (Phi) is 4.94. The van der Waals surface area contributed by atoms with Crippen LogP contribution in [-0.2, 0) is 4.79 Å². The van der Waals surface area contributed by atoms with Crippen LogP contribution in [0.1, 0.15) is 28.4 Å². The van der Waals surface area contributed by atoms with Gasteiger partial charge >= 0.3 is 0 Å². The molecule has 0 atom stereocenters. The molecule has 0 saturated carbocycles. The van der Waals surface area contributed by atoms with Gasteiger partial charge in [-0.05, 0) is 56.2 Å². The van der Waals surface area contributed by atoms with Crippen molar-refractivity contribution in [1.29, 1.82) is 0 Å². The number of carbonyl (C=O) groups excluding carboxylic acids is 2. The van der Waals surface area contributed by atoms with Crippen molar-refractivity contribution in [3.8, 4) is 5.75 Å². The van der Waals surface area contributed by atoms with Gasteiger partial charge in [-0.25, -0.2) is 0 Å². The third-order valence-electron chi connectivity index (χ3n) is 3.33. The second-order valence-electron chi connectivity index (χ2n) is 5.19. The first-order valence-corrected chi connectivity index (χ1v) is 7.07. The molecule has 4 nitrogen and oxygen atoms in total. The third-order valence-corrected chi connectivity index (χ3v) is 3.33. The molecule has 0 aromatic heterocycles. The molecule has 0 saturated heterocycles. The van der Waals surface area contributed by atoms with E-state index in [1.165, 1.54) is 6.92 Å². The highest BCUT2D eigenvalue weighted by atomic mass is 16.5. The molecular formula is C18H19NO3. The number of ether oxygens (including phenoxy) is 1. The summed E-state index contributed by atoms with van der Waals surface area (Å²) in [6, 6.07) is 12.6. The Hall–Kier alpha value is -2.62. The van der Waals surface area contributed by atoms with E-state index >= 15 is 0 Å².